The highest BCUT2D eigenvalue weighted by atomic mass is 32.2. The molecule has 0 atom stereocenters. The number of piperidine rings is 1. The Morgan fingerprint density at radius 1 is 1.24 bits per heavy atom. The van der Waals surface area contributed by atoms with Crippen molar-refractivity contribution in [3.8, 4) is 0 Å². The minimum Gasteiger partial charge on any atom is -0.468 e. The van der Waals surface area contributed by atoms with Crippen molar-refractivity contribution in [2.45, 2.75) is 43.1 Å². The van der Waals surface area contributed by atoms with Gasteiger partial charge in [0.05, 0.1) is 11.5 Å². The second kappa shape index (κ2) is 5.83. The average molecular weight is 311 g/mol. The summed E-state index contributed by atoms with van der Waals surface area (Å²) in [7, 11) is -3.20. The lowest BCUT2D eigenvalue weighted by molar-refractivity contribution is -0.139. The van der Waals surface area contributed by atoms with Crippen LogP contribution in [0.5, 0.6) is 0 Å². The molecule has 1 amide bonds. The summed E-state index contributed by atoms with van der Waals surface area (Å²) in [6, 6.07) is 3.39. The smallest absolute Gasteiger partial charge is 0.225 e. The van der Waals surface area contributed by atoms with Crippen molar-refractivity contribution in [2.75, 3.05) is 13.1 Å². The van der Waals surface area contributed by atoms with Gasteiger partial charge in [0, 0.05) is 19.0 Å². The van der Waals surface area contributed by atoms with Crippen molar-refractivity contribution in [3.05, 3.63) is 24.2 Å². The van der Waals surface area contributed by atoms with Gasteiger partial charge >= 0.3 is 0 Å². The molecule has 0 bridgehead atoms. The normalized spacial score (nSPS) is 21.2. The molecule has 6 heteroatoms. The maximum absolute atomic E-state index is 12.4. The van der Waals surface area contributed by atoms with Crippen LogP contribution in [0.4, 0.5) is 0 Å². The van der Waals surface area contributed by atoms with Crippen LogP contribution in [0.15, 0.2) is 22.8 Å². The third kappa shape index (κ3) is 3.15. The van der Waals surface area contributed by atoms with Crippen molar-refractivity contribution in [1.82, 2.24) is 4.90 Å². The summed E-state index contributed by atoms with van der Waals surface area (Å²) >= 11 is 0. The van der Waals surface area contributed by atoms with Gasteiger partial charge in [0.15, 0.2) is 9.84 Å². The Morgan fingerprint density at radius 3 is 2.48 bits per heavy atom. The second-order valence-corrected chi connectivity index (χ2v) is 8.32. The van der Waals surface area contributed by atoms with Crippen molar-refractivity contribution in [1.29, 1.82) is 0 Å². The first-order valence-electron chi connectivity index (χ1n) is 7.59. The van der Waals surface area contributed by atoms with E-state index in [2.05, 4.69) is 0 Å². The zero-order valence-corrected chi connectivity index (χ0v) is 12.8. The van der Waals surface area contributed by atoms with Crippen LogP contribution in [0.2, 0.25) is 0 Å². The number of carbonyl (C=O) groups excluding carboxylic acids is 1. The lowest BCUT2D eigenvalue weighted by Gasteiger charge is -2.36. The first-order chi connectivity index (χ1) is 10.1. The van der Waals surface area contributed by atoms with E-state index in [0.717, 1.165) is 19.3 Å². The zero-order chi connectivity index (χ0) is 14.9. The summed E-state index contributed by atoms with van der Waals surface area (Å²) < 4.78 is 29.9. The highest BCUT2D eigenvalue weighted by Crippen LogP contribution is 2.30. The number of sulfone groups is 1. The molecule has 0 aromatic carbocycles. The van der Waals surface area contributed by atoms with Gasteiger partial charge in [0.25, 0.3) is 0 Å². The lowest BCUT2D eigenvalue weighted by atomic mass is 9.84. The molecule has 1 aromatic rings. The predicted octanol–water partition coefficient (Wildman–Crippen LogP) is 1.99. The fourth-order valence-electron chi connectivity index (χ4n) is 3.06. The van der Waals surface area contributed by atoms with Crippen LogP contribution in [-0.4, -0.2) is 37.6 Å². The topological polar surface area (TPSA) is 67.6 Å². The third-order valence-corrected chi connectivity index (χ3v) is 6.81. The maximum Gasteiger partial charge on any atom is 0.225 e. The molecule has 1 saturated heterocycles. The molecule has 0 radical (unpaired) electrons. The van der Waals surface area contributed by atoms with Crippen molar-refractivity contribution >= 4 is 15.7 Å². The van der Waals surface area contributed by atoms with Crippen LogP contribution in [0, 0.1) is 5.92 Å². The van der Waals surface area contributed by atoms with Crippen molar-refractivity contribution < 1.29 is 17.6 Å². The SMILES string of the molecule is O=C(C1CCC1)N1CCC(S(=O)(=O)Cc2ccco2)CC1. The molecule has 2 aliphatic rings. The molecular formula is C15H21NO4S. The number of amides is 1. The van der Waals surface area contributed by atoms with Crippen molar-refractivity contribution in [3.63, 3.8) is 0 Å². The number of nitrogens with zero attached hydrogens (tertiary/aromatic N) is 1. The summed E-state index contributed by atoms with van der Waals surface area (Å²) in [6.45, 7) is 1.13. The molecule has 2 fully saturated rings. The van der Waals surface area contributed by atoms with Gasteiger partial charge in [0.1, 0.15) is 11.5 Å². The van der Waals surface area contributed by atoms with E-state index in [9.17, 15) is 13.2 Å². The van der Waals surface area contributed by atoms with Gasteiger partial charge in [-0.1, -0.05) is 6.42 Å². The lowest BCUT2D eigenvalue weighted by Crippen LogP contribution is -2.46. The minimum atomic E-state index is -3.20. The molecule has 0 N–H and O–H groups in total. The average Bonchev–Trinajstić information content (AvgIpc) is 2.89. The molecule has 1 aromatic heterocycles. The van der Waals surface area contributed by atoms with Crippen LogP contribution in [0.1, 0.15) is 37.9 Å². The molecule has 1 aliphatic heterocycles. The number of rotatable bonds is 4. The molecule has 1 saturated carbocycles. The molecule has 0 unspecified atom stereocenters. The van der Waals surface area contributed by atoms with Crippen LogP contribution in [0.3, 0.4) is 0 Å². The maximum atomic E-state index is 12.4. The number of hydrogen-bond acceptors (Lipinski definition) is 4. The first-order valence-corrected chi connectivity index (χ1v) is 9.30. The van der Waals surface area contributed by atoms with Gasteiger partial charge in [-0.3, -0.25) is 4.79 Å². The number of likely N-dealkylation sites (tertiary alicyclic amines) is 1. The summed E-state index contributed by atoms with van der Waals surface area (Å²) in [4.78, 5) is 14.0. The Hall–Kier alpha value is -1.30. The Labute approximate surface area is 125 Å². The molecule has 1 aliphatic carbocycles. The van der Waals surface area contributed by atoms with E-state index < -0.39 is 9.84 Å². The Morgan fingerprint density at radius 2 is 1.95 bits per heavy atom. The Kier molecular flexibility index (Phi) is 4.06. The second-order valence-electron chi connectivity index (χ2n) is 6.04. The van der Waals surface area contributed by atoms with Gasteiger partial charge in [-0.25, -0.2) is 8.42 Å². The van der Waals surface area contributed by atoms with Gasteiger partial charge in [-0.05, 0) is 37.8 Å². The third-order valence-electron chi connectivity index (χ3n) is 4.64. The molecule has 5 nitrogen and oxygen atoms in total. The molecule has 2 heterocycles. The highest BCUT2D eigenvalue weighted by molar-refractivity contribution is 7.91. The first kappa shape index (κ1) is 14.6. The summed E-state index contributed by atoms with van der Waals surface area (Å²) in [5, 5.41) is -0.354. The summed E-state index contributed by atoms with van der Waals surface area (Å²) in [5.74, 6) is 0.869. The van der Waals surface area contributed by atoms with E-state index in [1.807, 2.05) is 4.90 Å². The molecule has 0 spiro atoms. The highest BCUT2D eigenvalue weighted by Gasteiger charge is 2.35. The van der Waals surface area contributed by atoms with E-state index >= 15 is 0 Å². The van der Waals surface area contributed by atoms with Gasteiger partial charge in [-0.15, -0.1) is 0 Å². The standard InChI is InChI=1S/C15H21NO4S/c17-15(12-3-1-4-12)16-8-6-14(7-9-16)21(18,19)11-13-5-2-10-20-13/h2,5,10,12,14H,1,3-4,6-9,11H2. The summed E-state index contributed by atoms with van der Waals surface area (Å²) in [5.41, 5.74) is 0. The number of carbonyl (C=O) groups is 1. The number of hydrogen-bond donors (Lipinski definition) is 0. The number of furan rings is 1. The minimum absolute atomic E-state index is 0.0404. The monoisotopic (exact) mass is 311 g/mol. The fraction of sp³-hybridized carbons (Fsp3) is 0.667. The molecular weight excluding hydrogens is 290 g/mol. The van der Waals surface area contributed by atoms with E-state index in [1.165, 1.54) is 6.26 Å². The van der Waals surface area contributed by atoms with Crippen LogP contribution in [-0.2, 0) is 20.4 Å². The van der Waals surface area contributed by atoms with Crippen molar-refractivity contribution in [2.24, 2.45) is 5.92 Å². The predicted molar refractivity (Wildman–Crippen MR) is 78.3 cm³/mol. The zero-order valence-electron chi connectivity index (χ0n) is 12.0. The van der Waals surface area contributed by atoms with Gasteiger partial charge in [-0.2, -0.15) is 0 Å². The van der Waals surface area contributed by atoms with E-state index in [4.69, 9.17) is 4.42 Å². The van der Waals surface area contributed by atoms with E-state index in [-0.39, 0.29) is 22.8 Å². The fourth-order valence-corrected chi connectivity index (χ4v) is 4.79. The van der Waals surface area contributed by atoms with Gasteiger partial charge in [0.2, 0.25) is 5.91 Å². The van der Waals surface area contributed by atoms with E-state index in [1.54, 1.807) is 12.1 Å². The Bertz CT molecular complexity index is 581. The molecule has 21 heavy (non-hydrogen) atoms. The van der Waals surface area contributed by atoms with Crippen LogP contribution in [0.25, 0.3) is 0 Å². The van der Waals surface area contributed by atoms with Gasteiger partial charge < -0.3 is 9.32 Å². The molecule has 3 rings (SSSR count). The largest absolute Gasteiger partial charge is 0.468 e. The quantitative estimate of drug-likeness (QED) is 0.853. The van der Waals surface area contributed by atoms with Crippen LogP contribution < -0.4 is 0 Å². The Balaban J connectivity index is 1.56. The summed E-state index contributed by atoms with van der Waals surface area (Å²) in [6.07, 6.45) is 5.71. The van der Waals surface area contributed by atoms with Crippen LogP contribution >= 0.6 is 0 Å². The molecule has 116 valence electrons. The van der Waals surface area contributed by atoms with E-state index in [0.29, 0.717) is 31.7 Å².